The molecule has 0 atom stereocenters. The van der Waals surface area contributed by atoms with E-state index in [4.69, 9.17) is 27.2 Å². The highest BCUT2D eigenvalue weighted by Gasteiger charge is 2.32. The number of thioether (sulfide) groups is 1. The number of carboxylic acid groups (broad SMARTS) is 2. The molecule has 2 N–H and O–H groups in total. The van der Waals surface area contributed by atoms with Crippen LogP contribution < -0.4 is 4.74 Å². The van der Waals surface area contributed by atoms with Crippen LogP contribution in [0.5, 0.6) is 5.75 Å². The molecule has 1 aromatic carbocycles. The highest BCUT2D eigenvalue weighted by atomic mass is 32.2. The van der Waals surface area contributed by atoms with Gasteiger partial charge in [-0.2, -0.15) is 0 Å². The molecular formula is C15H13NO6S2. The third-order valence-corrected chi connectivity index (χ3v) is 4.32. The summed E-state index contributed by atoms with van der Waals surface area (Å²) in [7, 11) is 0. The van der Waals surface area contributed by atoms with Gasteiger partial charge in [0, 0.05) is 6.54 Å². The van der Waals surface area contributed by atoms with Crippen LogP contribution in [0.2, 0.25) is 0 Å². The summed E-state index contributed by atoms with van der Waals surface area (Å²) in [6, 6.07) is 6.62. The fourth-order valence-corrected chi connectivity index (χ4v) is 3.20. The average Bonchev–Trinajstić information content (AvgIpc) is 2.77. The van der Waals surface area contributed by atoms with Gasteiger partial charge in [-0.15, -0.1) is 0 Å². The van der Waals surface area contributed by atoms with E-state index in [9.17, 15) is 14.4 Å². The second-order valence-electron chi connectivity index (χ2n) is 4.73. The minimum absolute atomic E-state index is 0.0269. The van der Waals surface area contributed by atoms with Crippen molar-refractivity contribution >= 4 is 52.2 Å². The fraction of sp³-hybridized carbons (Fsp3) is 0.200. The molecule has 1 heterocycles. The number of nitrogens with zero attached hydrogens (tertiary/aromatic N) is 1. The Hall–Kier alpha value is -2.39. The number of thiocarbonyl (C=S) groups is 1. The molecule has 0 saturated carbocycles. The Morgan fingerprint density at radius 3 is 2.71 bits per heavy atom. The molecule has 1 aromatic rings. The predicted molar refractivity (Wildman–Crippen MR) is 91.7 cm³/mol. The standard InChI is InChI=1S/C15H13NO6S2/c17-12(18)4-5-16-14(21)11(24-15(16)23)7-9-2-1-3-10(6-9)22-8-13(19)20/h1-3,6-7H,4-5,8H2,(H,17,18)(H,19,20)/b11-7-. The lowest BCUT2D eigenvalue weighted by Gasteiger charge is -2.12. The van der Waals surface area contributed by atoms with Crippen molar-refractivity contribution in [2.45, 2.75) is 6.42 Å². The molecule has 1 aliphatic rings. The molecule has 126 valence electrons. The fourth-order valence-electron chi connectivity index (χ4n) is 1.89. The summed E-state index contributed by atoms with van der Waals surface area (Å²) in [5.74, 6) is -2.06. The quantitative estimate of drug-likeness (QED) is 0.556. The molecule has 1 aliphatic heterocycles. The van der Waals surface area contributed by atoms with Gasteiger partial charge in [-0.1, -0.05) is 36.1 Å². The summed E-state index contributed by atoms with van der Waals surface area (Å²) in [4.78, 5) is 35.1. The first kappa shape index (κ1) is 18.0. The molecule has 0 aliphatic carbocycles. The SMILES string of the molecule is O=C(O)CCN1C(=O)/C(=C/c2cccc(OCC(=O)O)c2)SC1=S. The van der Waals surface area contributed by atoms with Crippen LogP contribution >= 0.6 is 24.0 Å². The summed E-state index contributed by atoms with van der Waals surface area (Å²) in [6.45, 7) is -0.431. The lowest BCUT2D eigenvalue weighted by Crippen LogP contribution is -2.30. The van der Waals surface area contributed by atoms with E-state index in [0.29, 0.717) is 20.5 Å². The summed E-state index contributed by atoms with van der Waals surface area (Å²) in [5.41, 5.74) is 0.650. The third-order valence-electron chi connectivity index (χ3n) is 2.94. The van der Waals surface area contributed by atoms with Gasteiger partial charge in [0.2, 0.25) is 0 Å². The van der Waals surface area contributed by atoms with E-state index in [1.165, 1.54) is 4.90 Å². The smallest absolute Gasteiger partial charge is 0.341 e. The van der Waals surface area contributed by atoms with Crippen LogP contribution in [0.1, 0.15) is 12.0 Å². The Balaban J connectivity index is 2.12. The maximum atomic E-state index is 12.3. The lowest BCUT2D eigenvalue weighted by atomic mass is 10.2. The van der Waals surface area contributed by atoms with Crippen molar-refractivity contribution < 1.29 is 29.3 Å². The number of hydrogen-bond acceptors (Lipinski definition) is 6. The number of rotatable bonds is 7. The van der Waals surface area contributed by atoms with Crippen molar-refractivity contribution in [2.75, 3.05) is 13.2 Å². The normalized spacial score (nSPS) is 15.8. The highest BCUT2D eigenvalue weighted by Crippen LogP contribution is 2.33. The van der Waals surface area contributed by atoms with Gasteiger partial charge >= 0.3 is 11.9 Å². The van der Waals surface area contributed by atoms with Crippen LogP contribution in [0.25, 0.3) is 6.08 Å². The van der Waals surface area contributed by atoms with E-state index < -0.39 is 18.5 Å². The van der Waals surface area contributed by atoms with Crippen LogP contribution in [-0.2, 0) is 14.4 Å². The molecule has 0 radical (unpaired) electrons. The molecule has 7 nitrogen and oxygen atoms in total. The predicted octanol–water partition coefficient (Wildman–Crippen LogP) is 1.83. The second-order valence-corrected chi connectivity index (χ2v) is 6.41. The van der Waals surface area contributed by atoms with E-state index in [-0.39, 0.29) is 18.9 Å². The number of carboxylic acids is 2. The lowest BCUT2D eigenvalue weighted by molar-refractivity contribution is -0.139. The number of amides is 1. The van der Waals surface area contributed by atoms with Crippen molar-refractivity contribution in [1.29, 1.82) is 0 Å². The molecule has 1 saturated heterocycles. The van der Waals surface area contributed by atoms with Gasteiger partial charge in [0.1, 0.15) is 10.1 Å². The number of hydrogen-bond donors (Lipinski definition) is 2. The number of aliphatic carboxylic acids is 2. The topological polar surface area (TPSA) is 104 Å². The number of carbonyl (C=O) groups excluding carboxylic acids is 1. The molecule has 0 spiro atoms. The third kappa shape index (κ3) is 4.80. The Morgan fingerprint density at radius 2 is 2.04 bits per heavy atom. The van der Waals surface area contributed by atoms with E-state index >= 15 is 0 Å². The second kappa shape index (κ2) is 7.93. The zero-order valence-corrected chi connectivity index (χ0v) is 13.9. The zero-order chi connectivity index (χ0) is 17.7. The van der Waals surface area contributed by atoms with Gasteiger partial charge in [0.05, 0.1) is 11.3 Å². The monoisotopic (exact) mass is 367 g/mol. The molecule has 9 heteroatoms. The molecule has 0 aromatic heterocycles. The maximum absolute atomic E-state index is 12.3. The van der Waals surface area contributed by atoms with E-state index in [0.717, 1.165) is 11.8 Å². The minimum atomic E-state index is -1.08. The molecule has 2 rings (SSSR count). The highest BCUT2D eigenvalue weighted by molar-refractivity contribution is 8.26. The Morgan fingerprint density at radius 1 is 1.29 bits per heavy atom. The Bertz CT molecular complexity index is 730. The molecule has 24 heavy (non-hydrogen) atoms. The van der Waals surface area contributed by atoms with Crippen molar-refractivity contribution in [3.8, 4) is 5.75 Å². The van der Waals surface area contributed by atoms with E-state index in [1.807, 2.05) is 0 Å². The maximum Gasteiger partial charge on any atom is 0.341 e. The molecule has 0 unspecified atom stereocenters. The first-order chi connectivity index (χ1) is 11.4. The summed E-state index contributed by atoms with van der Waals surface area (Å²) in [6.07, 6.45) is 1.42. The summed E-state index contributed by atoms with van der Waals surface area (Å²) >= 11 is 6.20. The van der Waals surface area contributed by atoms with Crippen LogP contribution in [0.3, 0.4) is 0 Å². The molecular weight excluding hydrogens is 354 g/mol. The van der Waals surface area contributed by atoms with Crippen molar-refractivity contribution in [1.82, 2.24) is 4.90 Å². The largest absolute Gasteiger partial charge is 0.482 e. The number of carbonyl (C=O) groups is 3. The molecule has 0 bridgehead atoms. The van der Waals surface area contributed by atoms with Crippen molar-refractivity contribution in [3.05, 3.63) is 34.7 Å². The Labute approximate surface area is 146 Å². The van der Waals surface area contributed by atoms with Crippen molar-refractivity contribution in [2.24, 2.45) is 0 Å². The average molecular weight is 367 g/mol. The van der Waals surface area contributed by atoms with Crippen LogP contribution in [0.15, 0.2) is 29.2 Å². The van der Waals surface area contributed by atoms with E-state index in [2.05, 4.69) is 0 Å². The number of benzene rings is 1. The minimum Gasteiger partial charge on any atom is -0.482 e. The van der Waals surface area contributed by atoms with Crippen LogP contribution in [0.4, 0.5) is 0 Å². The van der Waals surface area contributed by atoms with Gasteiger partial charge in [0.15, 0.2) is 6.61 Å². The van der Waals surface area contributed by atoms with Crippen molar-refractivity contribution in [3.63, 3.8) is 0 Å². The van der Waals surface area contributed by atoms with Gasteiger partial charge in [-0.3, -0.25) is 14.5 Å². The number of ether oxygens (including phenoxy) is 1. The Kier molecular flexibility index (Phi) is 5.93. The van der Waals surface area contributed by atoms with Gasteiger partial charge < -0.3 is 14.9 Å². The zero-order valence-electron chi connectivity index (χ0n) is 12.3. The van der Waals surface area contributed by atoms with Gasteiger partial charge in [-0.25, -0.2) is 4.79 Å². The van der Waals surface area contributed by atoms with Gasteiger partial charge in [-0.05, 0) is 23.8 Å². The van der Waals surface area contributed by atoms with Crippen LogP contribution in [-0.4, -0.2) is 50.4 Å². The molecule has 1 amide bonds. The first-order valence-corrected chi connectivity index (χ1v) is 8.01. The van der Waals surface area contributed by atoms with Crippen LogP contribution in [0, 0.1) is 0 Å². The van der Waals surface area contributed by atoms with Gasteiger partial charge in [0.25, 0.3) is 5.91 Å². The summed E-state index contributed by atoms with van der Waals surface area (Å²) in [5, 5.41) is 17.3. The summed E-state index contributed by atoms with van der Waals surface area (Å²) < 4.78 is 5.40. The molecule has 1 fully saturated rings. The first-order valence-electron chi connectivity index (χ1n) is 6.78. The van der Waals surface area contributed by atoms with E-state index in [1.54, 1.807) is 30.3 Å².